The summed E-state index contributed by atoms with van der Waals surface area (Å²) in [6.07, 6.45) is 2.25. The number of benzene rings is 1. The van der Waals surface area contributed by atoms with Crippen LogP contribution in [0.1, 0.15) is 38.7 Å². The number of fused-ring (bicyclic) bond motifs is 1. The van der Waals surface area contributed by atoms with E-state index in [0.717, 1.165) is 12.0 Å². The third-order valence-corrected chi connectivity index (χ3v) is 4.82. The zero-order valence-corrected chi connectivity index (χ0v) is 15.8. The highest BCUT2D eigenvalue weighted by Crippen LogP contribution is 2.38. The lowest BCUT2D eigenvalue weighted by Gasteiger charge is -2.28. The lowest BCUT2D eigenvalue weighted by Crippen LogP contribution is -2.45. The Hall–Kier alpha value is -1.17. The molecule has 0 bridgehead atoms. The van der Waals surface area contributed by atoms with Gasteiger partial charge in [-0.1, -0.05) is 25.4 Å². The van der Waals surface area contributed by atoms with Crippen LogP contribution in [0.4, 0.5) is 0 Å². The van der Waals surface area contributed by atoms with Gasteiger partial charge in [-0.2, -0.15) is 0 Å². The number of amides is 1. The highest BCUT2D eigenvalue weighted by atomic mass is 35.5. The van der Waals surface area contributed by atoms with Crippen molar-refractivity contribution in [2.75, 3.05) is 19.8 Å². The molecule has 1 aromatic carbocycles. The molecule has 7 heteroatoms. The molecule has 0 saturated carbocycles. The number of halogens is 2. The average molecular weight is 377 g/mol. The molecule has 0 aliphatic carbocycles. The van der Waals surface area contributed by atoms with Crippen molar-refractivity contribution in [3.63, 3.8) is 0 Å². The van der Waals surface area contributed by atoms with Gasteiger partial charge in [0.15, 0.2) is 11.5 Å². The summed E-state index contributed by atoms with van der Waals surface area (Å²) in [7, 11) is 0. The number of hydrogen-bond acceptors (Lipinski definition) is 4. The van der Waals surface area contributed by atoms with Crippen LogP contribution in [0, 0.1) is 5.41 Å². The second-order valence-electron chi connectivity index (χ2n) is 5.83. The van der Waals surface area contributed by atoms with Crippen molar-refractivity contribution in [2.24, 2.45) is 11.1 Å². The van der Waals surface area contributed by atoms with Crippen molar-refractivity contribution >= 4 is 29.9 Å². The molecule has 0 spiro atoms. The molecule has 0 fully saturated rings. The first kappa shape index (κ1) is 20.9. The maximum Gasteiger partial charge on any atom is 0.227 e. The van der Waals surface area contributed by atoms with Gasteiger partial charge in [0.1, 0.15) is 0 Å². The van der Waals surface area contributed by atoms with Gasteiger partial charge in [0, 0.05) is 19.5 Å². The summed E-state index contributed by atoms with van der Waals surface area (Å²) in [5.41, 5.74) is 6.19. The van der Waals surface area contributed by atoms with Gasteiger partial charge in [0.2, 0.25) is 5.91 Å². The number of carbonyl (C=O) groups excluding carboxylic acids is 1. The molecule has 0 aromatic heterocycles. The fourth-order valence-corrected chi connectivity index (χ4v) is 3.00. The maximum atomic E-state index is 12.5. The summed E-state index contributed by atoms with van der Waals surface area (Å²) in [5, 5.41) is 3.47. The van der Waals surface area contributed by atoms with E-state index in [0.29, 0.717) is 55.7 Å². The Morgan fingerprint density at radius 2 is 1.96 bits per heavy atom. The summed E-state index contributed by atoms with van der Waals surface area (Å²) in [6.45, 7) is 5.89. The predicted molar refractivity (Wildman–Crippen MR) is 98.2 cm³/mol. The van der Waals surface area contributed by atoms with E-state index in [1.807, 2.05) is 19.9 Å². The van der Waals surface area contributed by atoms with Gasteiger partial charge >= 0.3 is 0 Å². The summed E-state index contributed by atoms with van der Waals surface area (Å²) in [6, 6.07) is 3.67. The highest BCUT2D eigenvalue weighted by Gasteiger charge is 2.33. The Kier molecular flexibility index (Phi) is 8.13. The number of nitrogens with two attached hydrogens (primary N) is 1. The number of hydrogen-bond donors (Lipinski definition) is 2. The van der Waals surface area contributed by atoms with Crippen molar-refractivity contribution in [2.45, 2.75) is 39.7 Å². The van der Waals surface area contributed by atoms with E-state index in [1.165, 1.54) is 0 Å². The van der Waals surface area contributed by atoms with Gasteiger partial charge in [-0.05, 0) is 30.5 Å². The number of carbonyl (C=O) groups is 1. The summed E-state index contributed by atoms with van der Waals surface area (Å²) in [4.78, 5) is 12.5. The molecular formula is C17H26Cl2N2O3. The Labute approximate surface area is 154 Å². The fraction of sp³-hybridized carbons (Fsp3) is 0.588. The van der Waals surface area contributed by atoms with E-state index in [-0.39, 0.29) is 18.3 Å². The van der Waals surface area contributed by atoms with Crippen LogP contribution in [-0.2, 0) is 11.3 Å². The van der Waals surface area contributed by atoms with E-state index in [1.54, 1.807) is 6.07 Å². The topological polar surface area (TPSA) is 73.6 Å². The Balaban J connectivity index is 0.00000288. The first-order valence-corrected chi connectivity index (χ1v) is 8.50. The van der Waals surface area contributed by atoms with Crippen molar-refractivity contribution in [3.05, 3.63) is 22.7 Å². The van der Waals surface area contributed by atoms with Crippen LogP contribution in [0.5, 0.6) is 11.5 Å². The molecule has 0 atom stereocenters. The number of ether oxygens (including phenoxy) is 2. The second kappa shape index (κ2) is 9.35. The summed E-state index contributed by atoms with van der Waals surface area (Å²) in [5.74, 6) is 1.20. The van der Waals surface area contributed by atoms with E-state index < -0.39 is 5.41 Å². The lowest BCUT2D eigenvalue weighted by molar-refractivity contribution is -0.131. The maximum absolute atomic E-state index is 12.5. The largest absolute Gasteiger partial charge is 0.489 e. The van der Waals surface area contributed by atoms with Gasteiger partial charge in [0.05, 0.1) is 23.7 Å². The smallest absolute Gasteiger partial charge is 0.227 e. The molecule has 1 heterocycles. The minimum atomic E-state index is -0.505. The minimum absolute atomic E-state index is 0. The molecule has 5 nitrogen and oxygen atoms in total. The number of nitrogens with one attached hydrogen (secondary N) is 1. The second-order valence-corrected chi connectivity index (χ2v) is 6.24. The molecule has 2 rings (SSSR count). The Morgan fingerprint density at radius 3 is 2.58 bits per heavy atom. The molecule has 0 radical (unpaired) electrons. The first-order chi connectivity index (χ1) is 11.1. The molecule has 0 unspecified atom stereocenters. The van der Waals surface area contributed by atoms with Crippen molar-refractivity contribution in [1.29, 1.82) is 0 Å². The predicted octanol–water partition coefficient (Wildman–Crippen LogP) is 3.30. The van der Waals surface area contributed by atoms with Gasteiger partial charge in [0.25, 0.3) is 0 Å². The van der Waals surface area contributed by atoms with Crippen LogP contribution in [0.15, 0.2) is 12.1 Å². The molecule has 1 amide bonds. The zero-order chi connectivity index (χ0) is 16.9. The molecule has 1 aromatic rings. The molecule has 136 valence electrons. The van der Waals surface area contributed by atoms with Gasteiger partial charge in [-0.3, -0.25) is 4.79 Å². The zero-order valence-electron chi connectivity index (χ0n) is 14.2. The van der Waals surface area contributed by atoms with E-state index in [9.17, 15) is 4.79 Å². The van der Waals surface area contributed by atoms with Crippen LogP contribution < -0.4 is 20.5 Å². The summed E-state index contributed by atoms with van der Waals surface area (Å²) < 4.78 is 11.3. The van der Waals surface area contributed by atoms with Crippen LogP contribution in [0.3, 0.4) is 0 Å². The monoisotopic (exact) mass is 376 g/mol. The van der Waals surface area contributed by atoms with Gasteiger partial charge in [-0.15, -0.1) is 12.4 Å². The average Bonchev–Trinajstić information content (AvgIpc) is 2.81. The third-order valence-electron chi connectivity index (χ3n) is 4.54. The van der Waals surface area contributed by atoms with Gasteiger partial charge in [-0.25, -0.2) is 0 Å². The standard InChI is InChI=1S/C17H25ClN2O3.ClH/c1-3-17(4-2,11-19)16(21)20-10-12-8-13(18)15-14(9-12)22-6-5-7-23-15;/h8-9H,3-7,10-11,19H2,1-2H3,(H,20,21);1H. The molecule has 1 aliphatic heterocycles. The molecular weight excluding hydrogens is 351 g/mol. The fourth-order valence-electron chi connectivity index (χ4n) is 2.71. The third kappa shape index (κ3) is 4.47. The Bertz CT molecular complexity index is 555. The first-order valence-electron chi connectivity index (χ1n) is 8.12. The molecule has 24 heavy (non-hydrogen) atoms. The minimum Gasteiger partial charge on any atom is -0.489 e. The van der Waals surface area contributed by atoms with Crippen molar-refractivity contribution < 1.29 is 14.3 Å². The van der Waals surface area contributed by atoms with E-state index >= 15 is 0 Å². The molecule has 0 saturated heterocycles. The van der Waals surface area contributed by atoms with Gasteiger partial charge < -0.3 is 20.5 Å². The van der Waals surface area contributed by atoms with Crippen LogP contribution >= 0.6 is 24.0 Å². The quantitative estimate of drug-likeness (QED) is 0.798. The Morgan fingerprint density at radius 1 is 1.29 bits per heavy atom. The SMILES string of the molecule is CCC(CC)(CN)C(=O)NCc1cc(Cl)c2c(c1)OCCCO2.Cl. The van der Waals surface area contributed by atoms with Crippen molar-refractivity contribution in [1.82, 2.24) is 5.32 Å². The van der Waals surface area contributed by atoms with Crippen LogP contribution in [0.2, 0.25) is 5.02 Å². The highest BCUT2D eigenvalue weighted by molar-refractivity contribution is 6.32. The normalized spacial score (nSPS) is 13.7. The van der Waals surface area contributed by atoms with Crippen molar-refractivity contribution in [3.8, 4) is 11.5 Å². The molecule has 3 N–H and O–H groups in total. The number of rotatable bonds is 6. The van der Waals surface area contributed by atoms with Crippen LogP contribution in [0.25, 0.3) is 0 Å². The van der Waals surface area contributed by atoms with Crippen LogP contribution in [-0.4, -0.2) is 25.7 Å². The molecule has 1 aliphatic rings. The summed E-state index contributed by atoms with van der Waals surface area (Å²) >= 11 is 6.27. The van der Waals surface area contributed by atoms with E-state index in [4.69, 9.17) is 26.8 Å². The van der Waals surface area contributed by atoms with E-state index in [2.05, 4.69) is 5.32 Å². The lowest BCUT2D eigenvalue weighted by atomic mass is 9.81.